The Hall–Kier alpha value is -1.81. The molecule has 0 radical (unpaired) electrons. The van der Waals surface area contributed by atoms with Gasteiger partial charge in [0.05, 0.1) is 6.61 Å². The number of nitrogens with one attached hydrogen (secondary N) is 1. The maximum Gasteiger partial charge on any atom is 0.253 e. The van der Waals surface area contributed by atoms with E-state index in [1.165, 1.54) is 5.56 Å². The standard InChI is InChI=1S/C17H24N2O2/c1-5-19(9-10-21-6-2)17(20)14-7-8-16-15(11-14)12(3)13(4)18-16/h7-8,11,18H,5-6,9-10H2,1-4H3. The summed E-state index contributed by atoms with van der Waals surface area (Å²) in [5.74, 6) is 0.0670. The predicted molar refractivity (Wildman–Crippen MR) is 85.8 cm³/mol. The molecule has 4 nitrogen and oxygen atoms in total. The lowest BCUT2D eigenvalue weighted by Gasteiger charge is -2.20. The summed E-state index contributed by atoms with van der Waals surface area (Å²) < 4.78 is 5.35. The fourth-order valence-electron chi connectivity index (χ4n) is 2.50. The topological polar surface area (TPSA) is 45.3 Å². The molecule has 21 heavy (non-hydrogen) atoms. The minimum absolute atomic E-state index is 0.0670. The number of carbonyl (C=O) groups is 1. The number of fused-ring (bicyclic) bond motifs is 1. The monoisotopic (exact) mass is 288 g/mol. The van der Waals surface area contributed by atoms with E-state index in [9.17, 15) is 4.79 Å². The number of nitrogens with zero attached hydrogens (tertiary/aromatic N) is 1. The molecule has 0 unspecified atom stereocenters. The van der Waals surface area contributed by atoms with Gasteiger partial charge in [0.2, 0.25) is 0 Å². The van der Waals surface area contributed by atoms with Gasteiger partial charge in [-0.2, -0.15) is 0 Å². The number of aromatic nitrogens is 1. The van der Waals surface area contributed by atoms with Gasteiger partial charge in [0.1, 0.15) is 0 Å². The fraction of sp³-hybridized carbons (Fsp3) is 0.471. The highest BCUT2D eigenvalue weighted by atomic mass is 16.5. The van der Waals surface area contributed by atoms with Crippen molar-refractivity contribution in [1.82, 2.24) is 9.88 Å². The summed E-state index contributed by atoms with van der Waals surface area (Å²) in [6.45, 7) is 10.7. The van der Waals surface area contributed by atoms with Gasteiger partial charge in [-0.15, -0.1) is 0 Å². The Kier molecular flexibility index (Phi) is 5.02. The molecule has 2 rings (SSSR count). The van der Waals surface area contributed by atoms with Crippen molar-refractivity contribution in [1.29, 1.82) is 0 Å². The second kappa shape index (κ2) is 6.76. The molecule has 4 heteroatoms. The van der Waals surface area contributed by atoms with Crippen molar-refractivity contribution in [2.75, 3.05) is 26.3 Å². The van der Waals surface area contributed by atoms with Crippen LogP contribution in [-0.4, -0.2) is 42.1 Å². The summed E-state index contributed by atoms with van der Waals surface area (Å²) in [5, 5.41) is 1.12. The van der Waals surface area contributed by atoms with Gasteiger partial charge in [-0.05, 0) is 51.5 Å². The Morgan fingerprint density at radius 2 is 2.05 bits per heavy atom. The lowest BCUT2D eigenvalue weighted by molar-refractivity contribution is 0.0669. The highest BCUT2D eigenvalue weighted by molar-refractivity contribution is 5.99. The molecular formula is C17H24N2O2. The second-order valence-electron chi connectivity index (χ2n) is 5.22. The summed E-state index contributed by atoms with van der Waals surface area (Å²) in [4.78, 5) is 17.8. The zero-order valence-electron chi connectivity index (χ0n) is 13.3. The molecule has 2 aromatic rings. The van der Waals surface area contributed by atoms with Crippen LogP contribution in [-0.2, 0) is 4.74 Å². The van der Waals surface area contributed by atoms with Gasteiger partial charge < -0.3 is 14.6 Å². The summed E-state index contributed by atoms with van der Waals surface area (Å²) in [6.07, 6.45) is 0. The average molecular weight is 288 g/mol. The minimum Gasteiger partial charge on any atom is -0.380 e. The van der Waals surface area contributed by atoms with E-state index in [1.54, 1.807) is 0 Å². The molecule has 0 bridgehead atoms. The summed E-state index contributed by atoms with van der Waals surface area (Å²) >= 11 is 0. The van der Waals surface area contributed by atoms with Gasteiger partial charge in [-0.3, -0.25) is 4.79 Å². The van der Waals surface area contributed by atoms with Crippen molar-refractivity contribution in [3.8, 4) is 0 Å². The number of rotatable bonds is 6. The van der Waals surface area contributed by atoms with Crippen LogP contribution in [0, 0.1) is 13.8 Å². The zero-order valence-corrected chi connectivity index (χ0v) is 13.3. The van der Waals surface area contributed by atoms with Crippen LogP contribution >= 0.6 is 0 Å². The molecule has 0 fully saturated rings. The van der Waals surface area contributed by atoms with Gasteiger partial charge >= 0.3 is 0 Å². The van der Waals surface area contributed by atoms with Crippen molar-refractivity contribution in [2.24, 2.45) is 0 Å². The van der Waals surface area contributed by atoms with Crippen molar-refractivity contribution in [3.05, 3.63) is 35.0 Å². The van der Waals surface area contributed by atoms with Crippen molar-refractivity contribution >= 4 is 16.8 Å². The Morgan fingerprint density at radius 3 is 2.71 bits per heavy atom. The first-order valence-corrected chi connectivity index (χ1v) is 7.54. The molecular weight excluding hydrogens is 264 g/mol. The molecule has 1 aromatic heterocycles. The van der Waals surface area contributed by atoms with Crippen LogP contribution in [0.3, 0.4) is 0 Å². The molecule has 0 aliphatic rings. The number of benzene rings is 1. The average Bonchev–Trinajstić information content (AvgIpc) is 2.78. The molecule has 0 aliphatic heterocycles. The van der Waals surface area contributed by atoms with Gasteiger partial charge in [0.15, 0.2) is 0 Å². The predicted octanol–water partition coefficient (Wildman–Crippen LogP) is 3.28. The van der Waals surface area contributed by atoms with E-state index in [2.05, 4.69) is 18.8 Å². The number of hydrogen-bond donors (Lipinski definition) is 1. The van der Waals surface area contributed by atoms with E-state index in [0.717, 1.165) is 22.2 Å². The lowest BCUT2D eigenvalue weighted by atomic mass is 10.1. The molecule has 0 atom stereocenters. The van der Waals surface area contributed by atoms with Crippen molar-refractivity contribution in [2.45, 2.75) is 27.7 Å². The fourth-order valence-corrected chi connectivity index (χ4v) is 2.50. The number of carbonyl (C=O) groups excluding carboxylic acids is 1. The third-order valence-electron chi connectivity index (χ3n) is 3.93. The summed E-state index contributed by atoms with van der Waals surface area (Å²) in [6, 6.07) is 5.86. The third-order valence-corrected chi connectivity index (χ3v) is 3.93. The number of H-pyrrole nitrogens is 1. The number of amides is 1. The first-order valence-electron chi connectivity index (χ1n) is 7.54. The SMILES string of the molecule is CCOCCN(CC)C(=O)c1ccc2[nH]c(C)c(C)c2c1. The van der Waals surface area contributed by atoms with Crippen LogP contribution in [0.25, 0.3) is 10.9 Å². The van der Waals surface area contributed by atoms with Crippen LogP contribution in [0.15, 0.2) is 18.2 Å². The molecule has 0 aliphatic carbocycles. The first-order chi connectivity index (χ1) is 10.1. The van der Waals surface area contributed by atoms with Gasteiger partial charge in [0.25, 0.3) is 5.91 Å². The molecule has 1 amide bonds. The summed E-state index contributed by atoms with van der Waals surface area (Å²) in [7, 11) is 0. The highest BCUT2D eigenvalue weighted by Gasteiger charge is 2.15. The van der Waals surface area contributed by atoms with Crippen molar-refractivity contribution in [3.63, 3.8) is 0 Å². The van der Waals surface area contributed by atoms with E-state index < -0.39 is 0 Å². The number of likely N-dealkylation sites (N-methyl/N-ethyl adjacent to an activating group) is 1. The van der Waals surface area contributed by atoms with E-state index in [1.807, 2.05) is 36.9 Å². The zero-order chi connectivity index (χ0) is 15.4. The minimum atomic E-state index is 0.0670. The molecule has 0 spiro atoms. The Morgan fingerprint density at radius 1 is 1.29 bits per heavy atom. The van der Waals surface area contributed by atoms with E-state index in [-0.39, 0.29) is 5.91 Å². The van der Waals surface area contributed by atoms with Gasteiger partial charge in [-0.1, -0.05) is 0 Å². The van der Waals surface area contributed by atoms with Crippen molar-refractivity contribution < 1.29 is 9.53 Å². The van der Waals surface area contributed by atoms with E-state index in [0.29, 0.717) is 26.3 Å². The molecule has 0 saturated heterocycles. The normalized spacial score (nSPS) is 11.0. The quantitative estimate of drug-likeness (QED) is 0.829. The van der Waals surface area contributed by atoms with Crippen LogP contribution in [0.1, 0.15) is 35.5 Å². The van der Waals surface area contributed by atoms with E-state index >= 15 is 0 Å². The summed E-state index contributed by atoms with van der Waals surface area (Å²) in [5.41, 5.74) is 4.18. The maximum absolute atomic E-state index is 12.6. The van der Waals surface area contributed by atoms with Crippen LogP contribution < -0.4 is 0 Å². The highest BCUT2D eigenvalue weighted by Crippen LogP contribution is 2.23. The van der Waals surface area contributed by atoms with Crippen LogP contribution in [0.2, 0.25) is 0 Å². The van der Waals surface area contributed by atoms with Gasteiger partial charge in [0, 0.05) is 41.9 Å². The Labute approximate surface area is 126 Å². The molecule has 114 valence electrons. The lowest BCUT2D eigenvalue weighted by Crippen LogP contribution is -2.33. The first kappa shape index (κ1) is 15.6. The molecule has 1 N–H and O–H groups in total. The third kappa shape index (κ3) is 3.27. The number of aromatic amines is 1. The van der Waals surface area contributed by atoms with Gasteiger partial charge in [-0.25, -0.2) is 0 Å². The van der Waals surface area contributed by atoms with Crippen LogP contribution in [0.4, 0.5) is 0 Å². The number of hydrogen-bond acceptors (Lipinski definition) is 2. The smallest absolute Gasteiger partial charge is 0.253 e. The molecule has 1 heterocycles. The second-order valence-corrected chi connectivity index (χ2v) is 5.22. The number of ether oxygens (including phenoxy) is 1. The van der Waals surface area contributed by atoms with Crippen LogP contribution in [0.5, 0.6) is 0 Å². The Balaban J connectivity index is 2.23. The largest absolute Gasteiger partial charge is 0.380 e. The maximum atomic E-state index is 12.6. The molecule has 1 aromatic carbocycles. The Bertz CT molecular complexity index is 631. The number of aryl methyl sites for hydroxylation is 2. The van der Waals surface area contributed by atoms with E-state index in [4.69, 9.17) is 4.74 Å². The molecule has 0 saturated carbocycles.